The zero-order chi connectivity index (χ0) is 21.3. The Hall–Kier alpha value is -3.61. The van der Waals surface area contributed by atoms with E-state index in [0.29, 0.717) is 19.0 Å². The average Bonchev–Trinajstić information content (AvgIpc) is 2.85. The van der Waals surface area contributed by atoms with Crippen LogP contribution < -0.4 is 15.0 Å². The predicted octanol–water partition coefficient (Wildman–Crippen LogP) is 2.95. The quantitative estimate of drug-likeness (QED) is 0.492. The van der Waals surface area contributed by atoms with E-state index in [0.717, 1.165) is 49.1 Å². The molecule has 0 spiro atoms. The number of aliphatic imine (C=N–C) groups is 1. The molecule has 7 heteroatoms. The first-order valence-corrected chi connectivity index (χ1v) is 10.6. The first kappa shape index (κ1) is 20.7. The first-order chi connectivity index (χ1) is 15.3. The molecule has 0 saturated carbocycles. The van der Waals surface area contributed by atoms with E-state index >= 15 is 0 Å². The Morgan fingerprint density at radius 2 is 1.71 bits per heavy atom. The highest BCUT2D eigenvalue weighted by Crippen LogP contribution is 2.17. The lowest BCUT2D eigenvalue weighted by Crippen LogP contribution is -2.52. The molecule has 1 saturated heterocycles. The fraction of sp³-hybridized carbons (Fsp3) is 0.292. The van der Waals surface area contributed by atoms with Crippen molar-refractivity contribution >= 4 is 11.8 Å². The fourth-order valence-corrected chi connectivity index (χ4v) is 3.61. The van der Waals surface area contributed by atoms with Crippen molar-refractivity contribution in [3.63, 3.8) is 0 Å². The second-order valence-electron chi connectivity index (χ2n) is 7.30. The molecule has 0 unspecified atom stereocenters. The van der Waals surface area contributed by atoms with E-state index in [-0.39, 0.29) is 0 Å². The number of hydrogen-bond acceptors (Lipinski definition) is 5. The average molecular weight is 417 g/mol. The van der Waals surface area contributed by atoms with Crippen molar-refractivity contribution in [2.45, 2.75) is 13.2 Å². The molecule has 1 aliphatic rings. The Labute approximate surface area is 183 Å². The van der Waals surface area contributed by atoms with Gasteiger partial charge in [0.25, 0.3) is 0 Å². The van der Waals surface area contributed by atoms with Gasteiger partial charge in [-0.3, -0.25) is 4.99 Å². The molecule has 1 aromatic carbocycles. The minimum absolute atomic E-state index is 0.495. The Morgan fingerprint density at radius 3 is 2.45 bits per heavy atom. The Bertz CT molecular complexity index is 972. The number of ether oxygens (including phenoxy) is 1. The first-order valence-electron chi connectivity index (χ1n) is 10.6. The van der Waals surface area contributed by atoms with Gasteiger partial charge in [0.15, 0.2) is 5.96 Å². The van der Waals surface area contributed by atoms with Crippen LogP contribution in [-0.2, 0) is 13.2 Å². The molecule has 1 aliphatic heterocycles. The number of piperazine rings is 1. The Kier molecular flexibility index (Phi) is 6.95. The van der Waals surface area contributed by atoms with Crippen LogP contribution in [0.5, 0.6) is 5.88 Å². The van der Waals surface area contributed by atoms with Crippen molar-refractivity contribution in [3.05, 3.63) is 84.2 Å². The van der Waals surface area contributed by atoms with E-state index in [2.05, 4.69) is 36.1 Å². The van der Waals surface area contributed by atoms with Crippen molar-refractivity contribution in [3.8, 4) is 5.88 Å². The SMILES string of the molecule is CN=C(NCc1cccnc1OCc1ccccc1)N1CCN(c2ccccn2)CC1. The molecule has 0 atom stereocenters. The van der Waals surface area contributed by atoms with Gasteiger partial charge in [0.05, 0.1) is 0 Å². The Balaban J connectivity index is 1.32. The summed E-state index contributed by atoms with van der Waals surface area (Å²) < 4.78 is 5.98. The van der Waals surface area contributed by atoms with Gasteiger partial charge in [-0.2, -0.15) is 0 Å². The monoisotopic (exact) mass is 416 g/mol. The van der Waals surface area contributed by atoms with Crippen LogP contribution in [0.2, 0.25) is 0 Å². The predicted molar refractivity (Wildman–Crippen MR) is 123 cm³/mol. The van der Waals surface area contributed by atoms with E-state index in [4.69, 9.17) is 4.74 Å². The molecular weight excluding hydrogens is 388 g/mol. The van der Waals surface area contributed by atoms with Gasteiger partial charge in [-0.1, -0.05) is 42.5 Å². The molecule has 160 valence electrons. The summed E-state index contributed by atoms with van der Waals surface area (Å²) in [5.74, 6) is 2.56. The maximum Gasteiger partial charge on any atom is 0.218 e. The zero-order valence-electron chi connectivity index (χ0n) is 17.8. The molecule has 7 nitrogen and oxygen atoms in total. The smallest absolute Gasteiger partial charge is 0.218 e. The summed E-state index contributed by atoms with van der Waals surface area (Å²) in [6, 6.07) is 20.1. The molecule has 3 heterocycles. The molecule has 1 N–H and O–H groups in total. The van der Waals surface area contributed by atoms with Crippen LogP contribution >= 0.6 is 0 Å². The van der Waals surface area contributed by atoms with Crippen molar-refractivity contribution in [1.29, 1.82) is 0 Å². The standard InChI is InChI=1S/C24H28N6O/c1-25-24(30-16-14-29(15-17-30)22-11-5-6-12-26-22)28-18-21-10-7-13-27-23(21)31-19-20-8-3-2-4-9-20/h2-13H,14-19H2,1H3,(H,25,28). The van der Waals surface area contributed by atoms with Gasteiger partial charge in [-0.25, -0.2) is 9.97 Å². The maximum atomic E-state index is 5.98. The number of aromatic nitrogens is 2. The van der Waals surface area contributed by atoms with Crippen LogP contribution in [0, 0.1) is 0 Å². The number of nitrogens with one attached hydrogen (secondary N) is 1. The van der Waals surface area contributed by atoms with Gasteiger partial charge >= 0.3 is 0 Å². The summed E-state index contributed by atoms with van der Waals surface area (Å²) in [7, 11) is 1.82. The van der Waals surface area contributed by atoms with Crippen LogP contribution in [0.3, 0.4) is 0 Å². The number of pyridine rings is 2. The third-order valence-electron chi connectivity index (χ3n) is 5.27. The molecule has 3 aromatic rings. The lowest BCUT2D eigenvalue weighted by Gasteiger charge is -2.37. The molecule has 4 rings (SSSR count). The highest BCUT2D eigenvalue weighted by Gasteiger charge is 2.20. The van der Waals surface area contributed by atoms with Gasteiger partial charge in [0.1, 0.15) is 12.4 Å². The minimum atomic E-state index is 0.495. The maximum absolute atomic E-state index is 5.98. The normalized spacial score (nSPS) is 14.4. The van der Waals surface area contributed by atoms with Crippen LogP contribution in [0.1, 0.15) is 11.1 Å². The molecule has 0 radical (unpaired) electrons. The summed E-state index contributed by atoms with van der Waals surface area (Å²) in [6.45, 7) is 4.70. The van der Waals surface area contributed by atoms with E-state index in [1.165, 1.54) is 0 Å². The number of hydrogen-bond donors (Lipinski definition) is 1. The van der Waals surface area contributed by atoms with Crippen LogP contribution in [0.4, 0.5) is 5.82 Å². The van der Waals surface area contributed by atoms with E-state index in [1.807, 2.05) is 67.8 Å². The third kappa shape index (κ3) is 5.51. The summed E-state index contributed by atoms with van der Waals surface area (Å²) in [6.07, 6.45) is 3.60. The molecule has 2 aromatic heterocycles. The highest BCUT2D eigenvalue weighted by molar-refractivity contribution is 5.80. The fourth-order valence-electron chi connectivity index (χ4n) is 3.61. The van der Waals surface area contributed by atoms with Gasteiger partial charge in [-0.15, -0.1) is 0 Å². The molecule has 0 amide bonds. The molecule has 0 bridgehead atoms. The van der Waals surface area contributed by atoms with E-state index < -0.39 is 0 Å². The molecule has 1 fully saturated rings. The summed E-state index contributed by atoms with van der Waals surface area (Å²) in [5.41, 5.74) is 2.13. The van der Waals surface area contributed by atoms with Crippen molar-refractivity contribution in [2.24, 2.45) is 4.99 Å². The molecule has 0 aliphatic carbocycles. The zero-order valence-corrected chi connectivity index (χ0v) is 17.8. The van der Waals surface area contributed by atoms with Gasteiger partial charge in [-0.05, 0) is 23.8 Å². The topological polar surface area (TPSA) is 65.9 Å². The third-order valence-corrected chi connectivity index (χ3v) is 5.27. The van der Waals surface area contributed by atoms with Crippen molar-refractivity contribution < 1.29 is 4.74 Å². The van der Waals surface area contributed by atoms with Crippen molar-refractivity contribution in [1.82, 2.24) is 20.2 Å². The van der Waals surface area contributed by atoms with E-state index in [9.17, 15) is 0 Å². The van der Waals surface area contributed by atoms with Gasteiger partial charge in [0, 0.05) is 57.7 Å². The lowest BCUT2D eigenvalue weighted by atomic mass is 10.2. The number of nitrogens with zero attached hydrogens (tertiary/aromatic N) is 5. The summed E-state index contributed by atoms with van der Waals surface area (Å²) >= 11 is 0. The second-order valence-corrected chi connectivity index (χ2v) is 7.30. The van der Waals surface area contributed by atoms with E-state index in [1.54, 1.807) is 6.20 Å². The van der Waals surface area contributed by atoms with Crippen LogP contribution in [-0.4, -0.2) is 54.1 Å². The van der Waals surface area contributed by atoms with Crippen LogP contribution in [0.25, 0.3) is 0 Å². The van der Waals surface area contributed by atoms with Gasteiger partial charge < -0.3 is 19.9 Å². The molecule has 31 heavy (non-hydrogen) atoms. The Morgan fingerprint density at radius 1 is 0.935 bits per heavy atom. The number of anilines is 1. The number of rotatable bonds is 6. The van der Waals surface area contributed by atoms with Gasteiger partial charge in [0.2, 0.25) is 5.88 Å². The highest BCUT2D eigenvalue weighted by atomic mass is 16.5. The van der Waals surface area contributed by atoms with Crippen molar-refractivity contribution in [2.75, 3.05) is 38.1 Å². The number of guanidine groups is 1. The number of benzene rings is 1. The summed E-state index contributed by atoms with van der Waals surface area (Å²) in [5, 5.41) is 3.47. The van der Waals surface area contributed by atoms with Crippen LogP contribution in [0.15, 0.2) is 78.0 Å². The lowest BCUT2D eigenvalue weighted by molar-refractivity contribution is 0.290. The summed E-state index contributed by atoms with van der Waals surface area (Å²) in [4.78, 5) is 18.0. The minimum Gasteiger partial charge on any atom is -0.473 e. The second kappa shape index (κ2) is 10.4. The molecular formula is C24H28N6O. The largest absolute Gasteiger partial charge is 0.473 e.